The summed E-state index contributed by atoms with van der Waals surface area (Å²) >= 11 is 0. The van der Waals surface area contributed by atoms with Crippen molar-refractivity contribution in [3.8, 4) is 11.5 Å². The molecule has 1 aromatic rings. The average molecular weight is 222 g/mol. The van der Waals surface area contributed by atoms with Gasteiger partial charge >= 0.3 is 0 Å². The van der Waals surface area contributed by atoms with Gasteiger partial charge in [-0.3, -0.25) is 0 Å². The average Bonchev–Trinajstić information content (AvgIpc) is 2.31. The lowest BCUT2D eigenvalue weighted by atomic mass is 10.0. The Morgan fingerprint density at radius 2 is 1.94 bits per heavy atom. The van der Waals surface area contributed by atoms with E-state index < -0.39 is 0 Å². The molecule has 1 aromatic carbocycles. The Balaban J connectivity index is 3.14. The minimum atomic E-state index is -0.179. The van der Waals surface area contributed by atoms with Crippen LogP contribution in [-0.2, 0) is 4.79 Å². The first-order chi connectivity index (χ1) is 7.74. The number of ether oxygens (including phenoxy) is 2. The topological polar surface area (TPSA) is 35.5 Å². The first-order valence-corrected chi connectivity index (χ1v) is 5.58. The minimum Gasteiger partial charge on any atom is -0.490 e. The monoisotopic (exact) mass is 222 g/mol. The number of aldehydes is 1. The van der Waals surface area contributed by atoms with Crippen molar-refractivity contribution in [2.75, 3.05) is 13.2 Å². The lowest BCUT2D eigenvalue weighted by molar-refractivity contribution is -0.108. The van der Waals surface area contributed by atoms with Crippen molar-refractivity contribution in [3.63, 3.8) is 0 Å². The highest BCUT2D eigenvalue weighted by molar-refractivity contribution is 5.65. The van der Waals surface area contributed by atoms with Gasteiger partial charge in [0.2, 0.25) is 0 Å². The Labute approximate surface area is 96.4 Å². The highest BCUT2D eigenvalue weighted by Crippen LogP contribution is 2.35. The molecule has 0 N–H and O–H groups in total. The van der Waals surface area contributed by atoms with Gasteiger partial charge in [-0.2, -0.15) is 0 Å². The number of benzene rings is 1. The molecule has 0 aromatic heterocycles. The smallest absolute Gasteiger partial charge is 0.165 e. The fourth-order valence-electron chi connectivity index (χ4n) is 1.53. The van der Waals surface area contributed by atoms with Crippen LogP contribution >= 0.6 is 0 Å². The maximum atomic E-state index is 10.8. The molecule has 1 rings (SSSR count). The van der Waals surface area contributed by atoms with E-state index in [9.17, 15) is 4.79 Å². The summed E-state index contributed by atoms with van der Waals surface area (Å²) in [6, 6.07) is 5.63. The van der Waals surface area contributed by atoms with Gasteiger partial charge in [-0.05, 0) is 19.9 Å². The normalized spacial score (nSPS) is 11.9. The zero-order chi connectivity index (χ0) is 12.0. The molecule has 0 aliphatic rings. The van der Waals surface area contributed by atoms with E-state index in [0.29, 0.717) is 24.7 Å². The third kappa shape index (κ3) is 2.75. The Hall–Kier alpha value is -1.51. The molecule has 0 bridgehead atoms. The molecule has 0 saturated heterocycles. The van der Waals surface area contributed by atoms with Crippen LogP contribution < -0.4 is 9.47 Å². The summed E-state index contributed by atoms with van der Waals surface area (Å²) in [6.07, 6.45) is 0.910. The molecule has 16 heavy (non-hydrogen) atoms. The van der Waals surface area contributed by atoms with Gasteiger partial charge in [-0.1, -0.05) is 19.1 Å². The maximum Gasteiger partial charge on any atom is 0.165 e. The molecular weight excluding hydrogens is 204 g/mol. The van der Waals surface area contributed by atoms with Gasteiger partial charge in [0.05, 0.1) is 13.2 Å². The predicted octanol–water partition coefficient (Wildman–Crippen LogP) is 2.79. The van der Waals surface area contributed by atoms with Gasteiger partial charge in [-0.15, -0.1) is 0 Å². The minimum absolute atomic E-state index is 0.179. The quantitative estimate of drug-likeness (QED) is 0.694. The highest BCUT2D eigenvalue weighted by atomic mass is 16.5. The molecule has 0 spiro atoms. The van der Waals surface area contributed by atoms with Crippen molar-refractivity contribution in [3.05, 3.63) is 23.8 Å². The second-order valence-electron chi connectivity index (χ2n) is 3.47. The van der Waals surface area contributed by atoms with Crippen molar-refractivity contribution in [1.82, 2.24) is 0 Å². The predicted molar refractivity (Wildman–Crippen MR) is 63.3 cm³/mol. The van der Waals surface area contributed by atoms with E-state index in [2.05, 4.69) is 0 Å². The van der Waals surface area contributed by atoms with E-state index >= 15 is 0 Å². The summed E-state index contributed by atoms with van der Waals surface area (Å²) in [6.45, 7) is 6.83. The Morgan fingerprint density at radius 1 is 1.25 bits per heavy atom. The summed E-state index contributed by atoms with van der Waals surface area (Å²) in [7, 11) is 0. The SMILES string of the molecule is CCOc1cccc(C(C)C=O)c1OCC. The second kappa shape index (κ2) is 6.16. The zero-order valence-electron chi connectivity index (χ0n) is 10.0. The molecule has 3 heteroatoms. The molecular formula is C13H18O3. The first-order valence-electron chi connectivity index (χ1n) is 5.58. The lowest BCUT2D eigenvalue weighted by Gasteiger charge is -2.16. The van der Waals surface area contributed by atoms with Crippen molar-refractivity contribution < 1.29 is 14.3 Å². The number of hydrogen-bond acceptors (Lipinski definition) is 3. The van der Waals surface area contributed by atoms with Gasteiger partial charge in [0.15, 0.2) is 11.5 Å². The fraction of sp³-hybridized carbons (Fsp3) is 0.462. The van der Waals surface area contributed by atoms with Crippen LogP contribution in [0.2, 0.25) is 0 Å². The fourth-order valence-corrected chi connectivity index (χ4v) is 1.53. The number of rotatable bonds is 6. The Bertz CT molecular complexity index is 347. The Morgan fingerprint density at radius 3 is 2.50 bits per heavy atom. The third-order valence-electron chi connectivity index (χ3n) is 2.29. The van der Waals surface area contributed by atoms with Crippen molar-refractivity contribution >= 4 is 6.29 Å². The van der Waals surface area contributed by atoms with Gasteiger partial charge in [-0.25, -0.2) is 0 Å². The van der Waals surface area contributed by atoms with Gasteiger partial charge in [0.1, 0.15) is 6.29 Å². The van der Waals surface area contributed by atoms with Crippen LogP contribution in [0.5, 0.6) is 11.5 Å². The van der Waals surface area contributed by atoms with Crippen LogP contribution in [0, 0.1) is 0 Å². The van der Waals surface area contributed by atoms with E-state index in [1.807, 2.05) is 39.0 Å². The van der Waals surface area contributed by atoms with Crippen LogP contribution in [0.4, 0.5) is 0 Å². The largest absolute Gasteiger partial charge is 0.490 e. The van der Waals surface area contributed by atoms with Crippen LogP contribution in [-0.4, -0.2) is 19.5 Å². The van der Waals surface area contributed by atoms with Crippen molar-refractivity contribution in [2.45, 2.75) is 26.7 Å². The molecule has 1 atom stereocenters. The molecule has 0 aliphatic carbocycles. The summed E-state index contributed by atoms with van der Waals surface area (Å²) in [5.41, 5.74) is 0.878. The van der Waals surface area contributed by atoms with E-state index in [1.165, 1.54) is 0 Å². The van der Waals surface area contributed by atoms with Crippen LogP contribution in [0.25, 0.3) is 0 Å². The third-order valence-corrected chi connectivity index (χ3v) is 2.29. The standard InChI is InChI=1S/C13H18O3/c1-4-15-12-8-6-7-11(10(3)9-14)13(12)16-5-2/h6-10H,4-5H2,1-3H3. The zero-order valence-corrected chi connectivity index (χ0v) is 10.0. The molecule has 3 nitrogen and oxygen atoms in total. The summed E-state index contributed by atoms with van der Waals surface area (Å²) < 4.78 is 11.0. The van der Waals surface area contributed by atoms with Crippen LogP contribution in [0.3, 0.4) is 0 Å². The van der Waals surface area contributed by atoms with Crippen LogP contribution in [0.1, 0.15) is 32.3 Å². The molecule has 0 heterocycles. The van der Waals surface area contributed by atoms with Crippen LogP contribution in [0.15, 0.2) is 18.2 Å². The first kappa shape index (κ1) is 12.6. The van der Waals surface area contributed by atoms with Crippen molar-refractivity contribution in [1.29, 1.82) is 0 Å². The second-order valence-corrected chi connectivity index (χ2v) is 3.47. The number of carbonyl (C=O) groups excluding carboxylic acids is 1. The number of para-hydroxylation sites is 1. The number of hydrogen-bond donors (Lipinski definition) is 0. The molecule has 0 aliphatic heterocycles. The molecule has 0 saturated carbocycles. The van der Waals surface area contributed by atoms with Gasteiger partial charge in [0.25, 0.3) is 0 Å². The highest BCUT2D eigenvalue weighted by Gasteiger charge is 2.15. The summed E-state index contributed by atoms with van der Waals surface area (Å²) in [4.78, 5) is 10.8. The molecule has 0 amide bonds. The molecule has 88 valence electrons. The Kier molecular flexibility index (Phi) is 4.83. The molecule has 1 unspecified atom stereocenters. The molecule has 0 fully saturated rings. The molecule has 0 radical (unpaired) electrons. The summed E-state index contributed by atoms with van der Waals surface area (Å²) in [5.74, 6) is 1.21. The lowest BCUT2D eigenvalue weighted by Crippen LogP contribution is -2.04. The van der Waals surface area contributed by atoms with E-state index in [1.54, 1.807) is 0 Å². The van der Waals surface area contributed by atoms with Gasteiger partial charge < -0.3 is 14.3 Å². The van der Waals surface area contributed by atoms with Gasteiger partial charge in [0, 0.05) is 11.5 Å². The summed E-state index contributed by atoms with van der Waals surface area (Å²) in [5, 5.41) is 0. The van der Waals surface area contributed by atoms with E-state index in [4.69, 9.17) is 9.47 Å². The maximum absolute atomic E-state index is 10.8. The van der Waals surface area contributed by atoms with Crippen molar-refractivity contribution in [2.24, 2.45) is 0 Å². The number of carbonyl (C=O) groups is 1. The van der Waals surface area contributed by atoms with E-state index in [0.717, 1.165) is 11.8 Å². The van der Waals surface area contributed by atoms with E-state index in [-0.39, 0.29) is 5.92 Å².